The number of aromatic amines is 1. The van der Waals surface area contributed by atoms with Gasteiger partial charge >= 0.3 is 5.69 Å². The topological polar surface area (TPSA) is 88.8 Å². The Hall–Kier alpha value is -3.21. The van der Waals surface area contributed by atoms with Gasteiger partial charge in [-0.25, -0.2) is 4.79 Å². The quantitative estimate of drug-likeness (QED) is 0.724. The molecule has 3 N–H and O–H groups in total. The summed E-state index contributed by atoms with van der Waals surface area (Å²) in [5, 5.41) is 0. The van der Waals surface area contributed by atoms with Gasteiger partial charge in [0.15, 0.2) is 5.78 Å². The number of H-pyrrole nitrogens is 1. The number of nitrogens with one attached hydrogen (secondary N) is 1. The van der Waals surface area contributed by atoms with Gasteiger partial charge in [0.05, 0.1) is 0 Å². The molecule has 0 unspecified atom stereocenters. The van der Waals surface area contributed by atoms with Crippen molar-refractivity contribution >= 4 is 11.6 Å². The van der Waals surface area contributed by atoms with E-state index >= 15 is 0 Å². The van der Waals surface area contributed by atoms with Gasteiger partial charge in [0.25, 0.3) is 0 Å². The zero-order valence-corrected chi connectivity index (χ0v) is 11.6. The molecule has 0 aliphatic carbocycles. The summed E-state index contributed by atoms with van der Waals surface area (Å²) >= 11 is 0. The van der Waals surface area contributed by atoms with Gasteiger partial charge in [-0.2, -0.15) is 4.98 Å². The molecule has 1 heterocycles. The summed E-state index contributed by atoms with van der Waals surface area (Å²) in [5.74, 6) is -0.0149. The van der Waals surface area contributed by atoms with E-state index in [2.05, 4.69) is 9.97 Å². The van der Waals surface area contributed by atoms with Crippen LogP contribution < -0.4 is 11.4 Å². The Bertz CT molecular complexity index is 886. The molecular formula is C17H13N3O2. The normalized spacial score (nSPS) is 10.4. The Kier molecular flexibility index (Phi) is 3.53. The molecule has 3 aromatic rings. The van der Waals surface area contributed by atoms with Crippen LogP contribution >= 0.6 is 0 Å². The maximum atomic E-state index is 12.7. The first-order valence-electron chi connectivity index (χ1n) is 6.71. The highest BCUT2D eigenvalue weighted by Gasteiger charge is 2.16. The maximum Gasteiger partial charge on any atom is 0.346 e. The number of benzene rings is 2. The smallest absolute Gasteiger partial charge is 0.346 e. The molecule has 1 aromatic heterocycles. The van der Waals surface area contributed by atoms with Gasteiger partial charge in [0.2, 0.25) is 0 Å². The second-order valence-electron chi connectivity index (χ2n) is 4.75. The number of carbonyl (C=O) groups excluding carboxylic acids is 1. The van der Waals surface area contributed by atoms with Crippen molar-refractivity contribution in [2.45, 2.75) is 0 Å². The summed E-state index contributed by atoms with van der Waals surface area (Å²) in [6, 6.07) is 16.1. The van der Waals surface area contributed by atoms with E-state index in [1.165, 1.54) is 6.20 Å². The molecule has 0 aliphatic heterocycles. The lowest BCUT2D eigenvalue weighted by Gasteiger charge is -2.10. The highest BCUT2D eigenvalue weighted by molar-refractivity contribution is 6.13. The standard InChI is InChI=1S/C17H13N3O2/c18-16-14(10-19-17(22)20-16)12-8-4-5-9-13(12)15(21)11-6-2-1-3-7-11/h1-10H,(H3,18,19,20,22). The van der Waals surface area contributed by atoms with Crippen molar-refractivity contribution in [3.05, 3.63) is 82.4 Å². The first-order chi connectivity index (χ1) is 10.7. The van der Waals surface area contributed by atoms with Crippen LogP contribution in [0.2, 0.25) is 0 Å². The second-order valence-corrected chi connectivity index (χ2v) is 4.75. The Morgan fingerprint density at radius 1 is 0.955 bits per heavy atom. The van der Waals surface area contributed by atoms with Crippen LogP contribution in [-0.4, -0.2) is 15.8 Å². The minimum atomic E-state index is -0.520. The summed E-state index contributed by atoms with van der Waals surface area (Å²) in [7, 11) is 0. The van der Waals surface area contributed by atoms with Crippen molar-refractivity contribution in [3.8, 4) is 11.1 Å². The van der Waals surface area contributed by atoms with E-state index in [0.717, 1.165) is 0 Å². The summed E-state index contributed by atoms with van der Waals surface area (Å²) in [6.07, 6.45) is 1.47. The van der Waals surface area contributed by atoms with Crippen LogP contribution in [0.25, 0.3) is 11.1 Å². The van der Waals surface area contributed by atoms with Crippen molar-refractivity contribution in [1.29, 1.82) is 0 Å². The minimum Gasteiger partial charge on any atom is -0.383 e. The van der Waals surface area contributed by atoms with Crippen LogP contribution in [0.15, 0.2) is 65.6 Å². The third-order valence-electron chi connectivity index (χ3n) is 3.34. The Morgan fingerprint density at radius 2 is 1.64 bits per heavy atom. The van der Waals surface area contributed by atoms with Crippen molar-refractivity contribution in [3.63, 3.8) is 0 Å². The fraction of sp³-hybridized carbons (Fsp3) is 0. The molecular weight excluding hydrogens is 278 g/mol. The first-order valence-corrected chi connectivity index (χ1v) is 6.71. The van der Waals surface area contributed by atoms with Crippen LogP contribution in [-0.2, 0) is 0 Å². The number of carbonyl (C=O) groups is 1. The van der Waals surface area contributed by atoms with Gasteiger partial charge in [-0.15, -0.1) is 0 Å². The van der Waals surface area contributed by atoms with Crippen molar-refractivity contribution < 1.29 is 4.79 Å². The lowest BCUT2D eigenvalue weighted by atomic mass is 9.95. The highest BCUT2D eigenvalue weighted by atomic mass is 16.1. The van der Waals surface area contributed by atoms with Gasteiger partial charge in [0.1, 0.15) is 5.82 Å². The monoisotopic (exact) mass is 291 g/mol. The first kappa shape index (κ1) is 13.8. The average molecular weight is 291 g/mol. The third kappa shape index (κ3) is 2.52. The number of nitrogens with zero attached hydrogens (tertiary/aromatic N) is 1. The Balaban J connectivity index is 2.15. The molecule has 0 saturated carbocycles. The number of hydrogen-bond donors (Lipinski definition) is 2. The molecule has 2 aromatic carbocycles. The van der Waals surface area contributed by atoms with Gasteiger partial charge in [-0.3, -0.25) is 4.79 Å². The molecule has 0 radical (unpaired) electrons. The molecule has 0 bridgehead atoms. The molecule has 0 fully saturated rings. The molecule has 5 nitrogen and oxygen atoms in total. The van der Waals surface area contributed by atoms with E-state index in [1.54, 1.807) is 30.3 Å². The molecule has 0 atom stereocenters. The van der Waals surface area contributed by atoms with Gasteiger partial charge in [0, 0.05) is 22.9 Å². The maximum absolute atomic E-state index is 12.7. The van der Waals surface area contributed by atoms with E-state index in [9.17, 15) is 9.59 Å². The fourth-order valence-corrected chi connectivity index (χ4v) is 2.29. The van der Waals surface area contributed by atoms with Gasteiger partial charge in [-0.1, -0.05) is 54.6 Å². The molecule has 0 saturated heterocycles. The number of aromatic nitrogens is 2. The van der Waals surface area contributed by atoms with E-state index in [1.807, 2.05) is 24.3 Å². The molecule has 22 heavy (non-hydrogen) atoms. The van der Waals surface area contributed by atoms with E-state index in [-0.39, 0.29) is 11.6 Å². The number of nitrogen functional groups attached to an aromatic ring is 1. The van der Waals surface area contributed by atoms with Crippen LogP contribution in [0.5, 0.6) is 0 Å². The molecule has 0 spiro atoms. The molecule has 3 rings (SSSR count). The van der Waals surface area contributed by atoms with Gasteiger partial charge < -0.3 is 10.7 Å². The zero-order chi connectivity index (χ0) is 15.5. The second kappa shape index (κ2) is 5.65. The summed E-state index contributed by atoms with van der Waals surface area (Å²) in [4.78, 5) is 30.1. The predicted octanol–water partition coefficient (Wildman–Crippen LogP) is 2.25. The Labute approximate surface area is 126 Å². The molecule has 0 amide bonds. The van der Waals surface area contributed by atoms with Crippen LogP contribution in [0.3, 0.4) is 0 Å². The zero-order valence-electron chi connectivity index (χ0n) is 11.6. The third-order valence-corrected chi connectivity index (χ3v) is 3.34. The number of nitrogens with two attached hydrogens (primary N) is 1. The van der Waals surface area contributed by atoms with Crippen LogP contribution in [0.1, 0.15) is 15.9 Å². The molecule has 108 valence electrons. The van der Waals surface area contributed by atoms with Gasteiger partial charge in [-0.05, 0) is 5.56 Å². The summed E-state index contributed by atoms with van der Waals surface area (Å²) in [5.41, 5.74) is 7.56. The number of hydrogen-bond acceptors (Lipinski definition) is 4. The van der Waals surface area contributed by atoms with E-state index < -0.39 is 5.69 Å². The largest absolute Gasteiger partial charge is 0.383 e. The van der Waals surface area contributed by atoms with E-state index in [4.69, 9.17) is 5.73 Å². The fourth-order valence-electron chi connectivity index (χ4n) is 2.29. The van der Waals surface area contributed by atoms with Crippen LogP contribution in [0.4, 0.5) is 5.82 Å². The predicted molar refractivity (Wildman–Crippen MR) is 84.6 cm³/mol. The van der Waals surface area contributed by atoms with Crippen molar-refractivity contribution in [2.24, 2.45) is 0 Å². The number of ketones is 1. The van der Waals surface area contributed by atoms with Crippen molar-refractivity contribution in [2.75, 3.05) is 5.73 Å². The average Bonchev–Trinajstić information content (AvgIpc) is 2.55. The number of anilines is 1. The summed E-state index contributed by atoms with van der Waals surface area (Å²) in [6.45, 7) is 0. The molecule has 5 heteroatoms. The van der Waals surface area contributed by atoms with Crippen LogP contribution in [0, 0.1) is 0 Å². The molecule has 0 aliphatic rings. The lowest BCUT2D eigenvalue weighted by Crippen LogP contribution is -2.13. The number of rotatable bonds is 3. The van der Waals surface area contributed by atoms with Crippen molar-refractivity contribution in [1.82, 2.24) is 9.97 Å². The minimum absolute atomic E-state index is 0.0945. The SMILES string of the molecule is Nc1nc(=O)[nH]cc1-c1ccccc1C(=O)c1ccccc1. The van der Waals surface area contributed by atoms with E-state index in [0.29, 0.717) is 22.3 Å². The Morgan fingerprint density at radius 3 is 2.36 bits per heavy atom. The summed E-state index contributed by atoms with van der Waals surface area (Å²) < 4.78 is 0. The highest BCUT2D eigenvalue weighted by Crippen LogP contribution is 2.27. The lowest BCUT2D eigenvalue weighted by molar-refractivity contribution is 0.103.